The highest BCUT2D eigenvalue weighted by Gasteiger charge is 2.35. The van der Waals surface area contributed by atoms with E-state index in [0.29, 0.717) is 11.1 Å². The molecule has 1 unspecified atom stereocenters. The van der Waals surface area contributed by atoms with Crippen molar-refractivity contribution in [1.82, 2.24) is 5.06 Å². The minimum atomic E-state index is -4.83. The third kappa shape index (κ3) is 4.32. The Hall–Kier alpha value is -3.33. The largest absolute Gasteiger partial charge is 0.744 e. The van der Waals surface area contributed by atoms with E-state index in [4.69, 9.17) is 4.74 Å². The minimum Gasteiger partial charge on any atom is -0.744 e. The summed E-state index contributed by atoms with van der Waals surface area (Å²) in [6, 6.07) is 7.16. The normalized spacial score (nSPS) is 17.6. The van der Waals surface area contributed by atoms with E-state index in [1.165, 1.54) is 12.1 Å². The van der Waals surface area contributed by atoms with Crippen LogP contribution in [-0.2, 0) is 39.4 Å². The van der Waals surface area contributed by atoms with Crippen molar-refractivity contribution >= 4 is 38.2 Å². The van der Waals surface area contributed by atoms with Crippen LogP contribution in [0.15, 0.2) is 46.2 Å². The van der Waals surface area contributed by atoms with Crippen molar-refractivity contribution < 1.29 is 49.9 Å². The molecule has 2 aromatic rings. The van der Waals surface area contributed by atoms with Crippen molar-refractivity contribution in [3.63, 3.8) is 0 Å². The molecule has 1 N–H and O–H groups in total. The van der Waals surface area contributed by atoms with Gasteiger partial charge in [-0.25, -0.2) is 13.2 Å². The molecule has 1 fully saturated rings. The molecule has 1 aliphatic heterocycles. The number of fused-ring (bicyclic) bond motifs is 3. The van der Waals surface area contributed by atoms with Crippen molar-refractivity contribution in [2.24, 2.45) is 0 Å². The number of nitrogens with zero attached hydrogens (tertiary/aromatic N) is 1. The Morgan fingerprint density at radius 3 is 2.00 bits per heavy atom. The maximum atomic E-state index is 12.1. The molecule has 1 aliphatic carbocycles. The average molecular weight is 496 g/mol. The molecule has 0 aromatic heterocycles. The Morgan fingerprint density at radius 1 is 0.970 bits per heavy atom. The van der Waals surface area contributed by atoms with E-state index in [1.54, 1.807) is 0 Å². The van der Waals surface area contributed by atoms with Crippen LogP contribution in [0.4, 0.5) is 4.79 Å². The summed E-state index contributed by atoms with van der Waals surface area (Å²) < 4.78 is 72.0. The third-order valence-corrected chi connectivity index (χ3v) is 6.89. The average Bonchev–Trinajstić information content (AvgIpc) is 3.21. The van der Waals surface area contributed by atoms with Crippen LogP contribution in [0.1, 0.15) is 29.9 Å². The summed E-state index contributed by atoms with van der Waals surface area (Å²) in [4.78, 5) is 38.8. The number of rotatable bonds is 5. The number of imide groups is 1. The zero-order chi connectivity index (χ0) is 24.1. The van der Waals surface area contributed by atoms with Crippen LogP contribution in [-0.4, -0.2) is 55.6 Å². The number of hydrogen-bond acceptors (Lipinski definition) is 10. The van der Waals surface area contributed by atoms with Crippen LogP contribution >= 0.6 is 0 Å². The van der Waals surface area contributed by atoms with Gasteiger partial charge in [-0.3, -0.25) is 19.0 Å². The topological polar surface area (TPSA) is 184 Å². The van der Waals surface area contributed by atoms with Crippen LogP contribution in [0.3, 0.4) is 0 Å². The molecule has 0 bridgehead atoms. The molecule has 4 rings (SSSR count). The molecule has 33 heavy (non-hydrogen) atoms. The van der Waals surface area contributed by atoms with E-state index in [2.05, 4.69) is 4.84 Å². The van der Waals surface area contributed by atoms with Crippen molar-refractivity contribution in [1.29, 1.82) is 0 Å². The van der Waals surface area contributed by atoms with E-state index in [9.17, 15) is 40.3 Å². The lowest BCUT2D eigenvalue weighted by molar-refractivity contribution is -0.177. The molecule has 12 nitrogen and oxygen atoms in total. The van der Waals surface area contributed by atoms with Crippen molar-refractivity contribution in [3.8, 4) is 11.1 Å². The summed E-state index contributed by atoms with van der Waals surface area (Å²) in [7, 11) is -9.41. The van der Waals surface area contributed by atoms with Gasteiger partial charge in [-0.05, 0) is 46.5 Å². The van der Waals surface area contributed by atoms with Gasteiger partial charge >= 0.3 is 6.16 Å². The second kappa shape index (κ2) is 7.91. The Morgan fingerprint density at radius 2 is 1.48 bits per heavy atom. The lowest BCUT2D eigenvalue weighted by Crippen LogP contribution is -2.32. The fourth-order valence-electron chi connectivity index (χ4n) is 3.72. The molecular weight excluding hydrogens is 482 g/mol. The maximum absolute atomic E-state index is 12.1. The monoisotopic (exact) mass is 496 g/mol. The number of hydroxylamine groups is 2. The van der Waals surface area contributed by atoms with Gasteiger partial charge in [0, 0.05) is 18.8 Å². The zero-order valence-electron chi connectivity index (χ0n) is 16.5. The Kier molecular flexibility index (Phi) is 5.48. The van der Waals surface area contributed by atoms with Gasteiger partial charge in [-0.1, -0.05) is 17.2 Å². The minimum absolute atomic E-state index is 0.125. The van der Waals surface area contributed by atoms with E-state index in [-0.39, 0.29) is 29.0 Å². The summed E-state index contributed by atoms with van der Waals surface area (Å²) in [5, 5.41) is 0.275. The lowest BCUT2D eigenvalue weighted by Gasteiger charge is -2.17. The fraction of sp³-hybridized carbons (Fsp3) is 0.211. The molecule has 0 saturated carbocycles. The fourth-order valence-corrected chi connectivity index (χ4v) is 4.74. The summed E-state index contributed by atoms with van der Waals surface area (Å²) in [6.45, 7) is -0.521. The van der Waals surface area contributed by atoms with Gasteiger partial charge in [0.25, 0.3) is 21.9 Å². The molecule has 2 aromatic carbocycles. The maximum Gasteiger partial charge on any atom is 0.533 e. The van der Waals surface area contributed by atoms with Gasteiger partial charge in [-0.2, -0.15) is 8.42 Å². The first-order chi connectivity index (χ1) is 15.4. The standard InChI is InChI=1S/C19H15NO11S2/c21-17-5-6-18(22)20(17)31-19(23)30-9-16-14-7-10(32(24,25)26)1-3-12(14)13-4-2-11(8-15(13)16)33(27,28)29/h1-4,7-8,16H,5-6,9H2,(H,24,25,26)(H,27,28,29)/p-1. The summed E-state index contributed by atoms with van der Waals surface area (Å²) in [5.74, 6) is -2.40. The quantitative estimate of drug-likeness (QED) is 0.356. The van der Waals surface area contributed by atoms with Crippen molar-refractivity contribution in [2.75, 3.05) is 6.61 Å². The molecule has 14 heteroatoms. The van der Waals surface area contributed by atoms with Crippen molar-refractivity contribution in [2.45, 2.75) is 28.6 Å². The Labute approximate surface area is 187 Å². The summed E-state index contributed by atoms with van der Waals surface area (Å²) in [6.07, 6.45) is -1.65. The van der Waals surface area contributed by atoms with Gasteiger partial charge in [0.15, 0.2) is 0 Å². The smallest absolute Gasteiger partial charge is 0.533 e. The molecule has 1 saturated heterocycles. The van der Waals surface area contributed by atoms with E-state index in [1.807, 2.05) is 0 Å². The number of amides is 2. The number of benzene rings is 2. The number of hydrogen-bond donors (Lipinski definition) is 1. The summed E-state index contributed by atoms with van der Waals surface area (Å²) in [5.41, 5.74) is 1.42. The third-order valence-electron chi connectivity index (χ3n) is 5.21. The van der Waals surface area contributed by atoms with Crippen LogP contribution in [0, 0.1) is 0 Å². The van der Waals surface area contributed by atoms with E-state index >= 15 is 0 Å². The first-order valence-corrected chi connectivity index (χ1v) is 12.1. The Bertz CT molecular complexity index is 1320. The molecule has 1 heterocycles. The Balaban J connectivity index is 1.68. The lowest BCUT2D eigenvalue weighted by atomic mass is 9.98. The molecule has 0 radical (unpaired) electrons. The predicted octanol–water partition coefficient (Wildman–Crippen LogP) is 1.17. The van der Waals surface area contributed by atoms with Gasteiger partial charge in [0.05, 0.1) is 9.79 Å². The van der Waals surface area contributed by atoms with E-state index < -0.39 is 60.5 Å². The van der Waals surface area contributed by atoms with Crippen LogP contribution in [0.25, 0.3) is 11.1 Å². The molecule has 2 amide bonds. The van der Waals surface area contributed by atoms with Gasteiger partial charge < -0.3 is 9.29 Å². The van der Waals surface area contributed by atoms with Gasteiger partial charge in [0.1, 0.15) is 16.7 Å². The highest BCUT2D eigenvalue weighted by Crippen LogP contribution is 2.46. The molecule has 174 valence electrons. The predicted molar refractivity (Wildman–Crippen MR) is 105 cm³/mol. The van der Waals surface area contributed by atoms with Crippen LogP contribution in [0.2, 0.25) is 0 Å². The van der Waals surface area contributed by atoms with Gasteiger partial charge in [0.2, 0.25) is 0 Å². The number of ether oxygens (including phenoxy) is 1. The van der Waals surface area contributed by atoms with Crippen LogP contribution in [0.5, 0.6) is 0 Å². The van der Waals surface area contributed by atoms with Gasteiger partial charge in [-0.15, -0.1) is 0 Å². The molecular formula is C19H14NO11S2-. The number of carbonyl (C=O) groups excluding carboxylic acids is 3. The molecule has 2 aliphatic rings. The first kappa shape index (κ1) is 22.8. The van der Waals surface area contributed by atoms with E-state index in [0.717, 1.165) is 24.3 Å². The second-order valence-electron chi connectivity index (χ2n) is 7.21. The highest BCUT2D eigenvalue weighted by atomic mass is 32.2. The molecule has 1 atom stereocenters. The van der Waals surface area contributed by atoms with Crippen molar-refractivity contribution in [3.05, 3.63) is 47.5 Å². The highest BCUT2D eigenvalue weighted by molar-refractivity contribution is 7.86. The second-order valence-corrected chi connectivity index (χ2v) is 10.0. The number of carbonyl (C=O) groups is 3. The first-order valence-electron chi connectivity index (χ1n) is 9.28. The molecule has 0 spiro atoms. The van der Waals surface area contributed by atoms with Crippen LogP contribution < -0.4 is 0 Å². The zero-order valence-corrected chi connectivity index (χ0v) is 18.1. The SMILES string of the molecule is O=C(OCC1c2cc(S(=O)(=O)[O-])ccc2-c2ccc(S(=O)(=O)O)cc21)ON1C(=O)CCC1=O. The summed E-state index contributed by atoms with van der Waals surface area (Å²) >= 11 is 0.